The molecule has 0 heterocycles. The molecule has 0 aromatic heterocycles. The molecule has 1 N–H and O–H groups in total. The lowest BCUT2D eigenvalue weighted by Gasteiger charge is -2.24. The number of phosphoric acid groups is 1. The summed E-state index contributed by atoms with van der Waals surface area (Å²) >= 11 is 0. The number of nitrogens with zero attached hydrogens (tertiary/aromatic N) is 1. The van der Waals surface area contributed by atoms with Crippen LogP contribution in [0.5, 0.6) is 0 Å². The quantitative estimate of drug-likeness (QED) is 0.0213. The van der Waals surface area contributed by atoms with Gasteiger partial charge in [-0.15, -0.1) is 0 Å². The van der Waals surface area contributed by atoms with Crippen molar-refractivity contribution in [2.24, 2.45) is 0 Å². The third-order valence-corrected chi connectivity index (χ3v) is 15.8. The molecule has 0 aromatic carbocycles. The summed E-state index contributed by atoms with van der Waals surface area (Å²) in [6.07, 6.45) is 70.2. The summed E-state index contributed by atoms with van der Waals surface area (Å²) in [6, 6.07) is 0. The van der Waals surface area contributed by atoms with Crippen molar-refractivity contribution >= 4 is 13.8 Å². The normalized spacial score (nSPS) is 13.3. The van der Waals surface area contributed by atoms with Gasteiger partial charge in [0.1, 0.15) is 19.3 Å². The van der Waals surface area contributed by atoms with Crippen molar-refractivity contribution in [3.8, 4) is 0 Å². The van der Waals surface area contributed by atoms with Crippen LogP contribution in [0.4, 0.5) is 0 Å². The number of carbonyl (C=O) groups is 1. The molecule has 0 aliphatic rings. The summed E-state index contributed by atoms with van der Waals surface area (Å²) in [5, 5.41) is 0. The second-order valence-electron chi connectivity index (χ2n) is 23.5. The number of likely N-dealkylation sites (N-methyl/N-ethyl adjacent to an activating group) is 1. The fourth-order valence-electron chi connectivity index (χ4n) is 9.85. The summed E-state index contributed by atoms with van der Waals surface area (Å²) < 4.78 is 35.4. The Morgan fingerprint density at radius 1 is 0.411 bits per heavy atom. The fraction of sp³-hybridized carbons (Fsp3) is 0.953. The molecule has 8 nitrogen and oxygen atoms in total. The van der Waals surface area contributed by atoms with Gasteiger partial charge in [-0.25, -0.2) is 4.57 Å². The van der Waals surface area contributed by atoms with Crippen LogP contribution in [0.25, 0.3) is 0 Å². The molecule has 0 saturated heterocycles. The number of phosphoric ester groups is 1. The molecule has 0 aliphatic carbocycles. The zero-order chi connectivity index (χ0) is 53.3. The van der Waals surface area contributed by atoms with Crippen LogP contribution in [0.2, 0.25) is 0 Å². The van der Waals surface area contributed by atoms with Crippen LogP contribution in [-0.4, -0.2) is 75.6 Å². The number of quaternary nitrogens is 1. The fourth-order valence-corrected chi connectivity index (χ4v) is 10.6. The van der Waals surface area contributed by atoms with Gasteiger partial charge in [0.25, 0.3) is 0 Å². The molecule has 9 heteroatoms. The van der Waals surface area contributed by atoms with E-state index in [2.05, 4.69) is 26.0 Å². The lowest BCUT2D eigenvalue weighted by Crippen LogP contribution is -2.37. The van der Waals surface area contributed by atoms with Crippen molar-refractivity contribution in [2.75, 3.05) is 54.1 Å². The van der Waals surface area contributed by atoms with E-state index in [0.717, 1.165) is 32.1 Å². The highest BCUT2D eigenvalue weighted by Gasteiger charge is 2.26. The standard InChI is InChI=1S/C64H128NO7P/c1-6-8-10-12-14-16-18-20-22-24-26-28-30-32-34-36-38-40-42-44-46-48-50-52-54-56-59-69-61-63(62-71-73(67,68)70-60-58-65(3,4)5)72-64(66)57-55-53-51-49-47-45-43-41-39-37-35-33-31-29-27-25-23-21-19-17-15-13-11-9-7-2/h24,26,63H,6-23,25,27-62H2,1-5H3/p+1/b26-24-. The van der Waals surface area contributed by atoms with Crippen molar-refractivity contribution in [3.05, 3.63) is 12.2 Å². The Labute approximate surface area is 456 Å². The van der Waals surface area contributed by atoms with E-state index in [1.165, 1.54) is 283 Å². The number of carbonyl (C=O) groups excluding carboxylic acids is 1. The largest absolute Gasteiger partial charge is 0.472 e. The van der Waals surface area contributed by atoms with Gasteiger partial charge in [0.05, 0.1) is 34.4 Å². The predicted molar refractivity (Wildman–Crippen MR) is 317 cm³/mol. The lowest BCUT2D eigenvalue weighted by molar-refractivity contribution is -0.870. The van der Waals surface area contributed by atoms with Gasteiger partial charge >= 0.3 is 13.8 Å². The first-order chi connectivity index (χ1) is 35.6. The molecule has 2 unspecified atom stereocenters. The van der Waals surface area contributed by atoms with E-state index >= 15 is 0 Å². The molecule has 0 spiro atoms. The number of hydrogen-bond acceptors (Lipinski definition) is 6. The summed E-state index contributed by atoms with van der Waals surface area (Å²) in [6.45, 7) is 5.72. The van der Waals surface area contributed by atoms with E-state index in [1.807, 2.05) is 21.1 Å². The van der Waals surface area contributed by atoms with Gasteiger partial charge in [0.2, 0.25) is 0 Å². The van der Waals surface area contributed by atoms with Crippen LogP contribution >= 0.6 is 7.82 Å². The van der Waals surface area contributed by atoms with Gasteiger partial charge < -0.3 is 18.9 Å². The van der Waals surface area contributed by atoms with Crippen molar-refractivity contribution in [3.63, 3.8) is 0 Å². The Kier molecular flexibility index (Phi) is 56.8. The van der Waals surface area contributed by atoms with Crippen LogP contribution in [0.1, 0.15) is 335 Å². The third-order valence-electron chi connectivity index (χ3n) is 14.8. The molecule has 73 heavy (non-hydrogen) atoms. The van der Waals surface area contributed by atoms with Crippen LogP contribution in [0.3, 0.4) is 0 Å². The predicted octanol–water partition coefficient (Wildman–Crippen LogP) is 20.9. The maximum Gasteiger partial charge on any atom is 0.472 e. The van der Waals surface area contributed by atoms with Gasteiger partial charge in [-0.3, -0.25) is 13.8 Å². The van der Waals surface area contributed by atoms with Crippen LogP contribution in [0, 0.1) is 0 Å². The highest BCUT2D eigenvalue weighted by molar-refractivity contribution is 7.47. The Balaban J connectivity index is 3.95. The minimum atomic E-state index is -4.28. The smallest absolute Gasteiger partial charge is 0.457 e. The van der Waals surface area contributed by atoms with Gasteiger partial charge in [-0.05, 0) is 38.5 Å². The zero-order valence-corrected chi connectivity index (χ0v) is 50.8. The summed E-state index contributed by atoms with van der Waals surface area (Å²) in [7, 11) is 1.69. The highest BCUT2D eigenvalue weighted by Crippen LogP contribution is 2.43. The van der Waals surface area contributed by atoms with E-state index < -0.39 is 13.9 Å². The Bertz CT molecular complexity index is 1180. The van der Waals surface area contributed by atoms with Gasteiger partial charge in [0, 0.05) is 13.0 Å². The summed E-state index contributed by atoms with van der Waals surface area (Å²) in [5.74, 6) is -0.303. The second-order valence-corrected chi connectivity index (χ2v) is 25.0. The van der Waals surface area contributed by atoms with Crippen molar-refractivity contribution < 1.29 is 37.3 Å². The maximum absolute atomic E-state index is 12.8. The zero-order valence-electron chi connectivity index (χ0n) is 49.9. The number of ether oxygens (including phenoxy) is 2. The average Bonchev–Trinajstić information content (AvgIpc) is 3.35. The molecular formula is C64H129NO7P+. The van der Waals surface area contributed by atoms with Gasteiger partial charge in [0.15, 0.2) is 0 Å². The van der Waals surface area contributed by atoms with E-state index in [9.17, 15) is 14.3 Å². The minimum absolute atomic E-state index is 0.0931. The number of allylic oxidation sites excluding steroid dienone is 2. The monoisotopic (exact) mass is 1050 g/mol. The topological polar surface area (TPSA) is 91.3 Å². The average molecular weight is 1060 g/mol. The first kappa shape index (κ1) is 72.2. The molecule has 0 bridgehead atoms. The molecule has 0 saturated carbocycles. The number of rotatable bonds is 62. The van der Waals surface area contributed by atoms with Crippen LogP contribution in [0.15, 0.2) is 12.2 Å². The van der Waals surface area contributed by atoms with E-state index in [-0.39, 0.29) is 25.8 Å². The third kappa shape index (κ3) is 62.0. The number of hydrogen-bond donors (Lipinski definition) is 1. The molecule has 0 aliphatic heterocycles. The summed E-state index contributed by atoms with van der Waals surface area (Å²) in [5.41, 5.74) is 0. The Morgan fingerprint density at radius 3 is 1.04 bits per heavy atom. The molecule has 0 rings (SSSR count). The molecule has 0 amide bonds. The molecular weight excluding hydrogens is 926 g/mol. The van der Waals surface area contributed by atoms with E-state index in [0.29, 0.717) is 24.1 Å². The van der Waals surface area contributed by atoms with E-state index in [1.54, 1.807) is 0 Å². The Hall–Kier alpha value is -0.760. The number of unbranched alkanes of at least 4 members (excludes halogenated alkanes) is 46. The maximum atomic E-state index is 12.8. The van der Waals surface area contributed by atoms with Crippen LogP contribution in [-0.2, 0) is 27.9 Å². The van der Waals surface area contributed by atoms with Crippen molar-refractivity contribution in [1.82, 2.24) is 0 Å². The van der Waals surface area contributed by atoms with Gasteiger partial charge in [-0.1, -0.05) is 302 Å². The second kappa shape index (κ2) is 57.4. The lowest BCUT2D eigenvalue weighted by atomic mass is 10.0. The van der Waals surface area contributed by atoms with Crippen molar-refractivity contribution in [1.29, 1.82) is 0 Å². The summed E-state index contributed by atoms with van der Waals surface area (Å²) in [4.78, 5) is 23.1. The van der Waals surface area contributed by atoms with Gasteiger partial charge in [-0.2, -0.15) is 0 Å². The van der Waals surface area contributed by atoms with Crippen LogP contribution < -0.4 is 0 Å². The molecule has 0 fully saturated rings. The SMILES string of the molecule is CCCCCCCCCC/C=C\CCCCCCCCCCCCCCCCOCC(COP(=O)(O)OCC[N+](C)(C)C)OC(=O)CCCCCCCCCCCCCCCCCCCCCCCCCCC. The molecule has 0 aromatic rings. The Morgan fingerprint density at radius 2 is 0.712 bits per heavy atom. The highest BCUT2D eigenvalue weighted by atomic mass is 31.2. The number of esters is 1. The first-order valence-electron chi connectivity index (χ1n) is 32.4. The van der Waals surface area contributed by atoms with Crippen molar-refractivity contribution in [2.45, 2.75) is 341 Å². The molecule has 436 valence electrons. The molecule has 2 atom stereocenters. The minimum Gasteiger partial charge on any atom is -0.457 e. The van der Waals surface area contributed by atoms with E-state index in [4.69, 9.17) is 18.5 Å². The first-order valence-corrected chi connectivity index (χ1v) is 33.9. The molecule has 0 radical (unpaired) electrons.